The molecule has 0 saturated carbocycles. The van der Waals surface area contributed by atoms with Crippen molar-refractivity contribution in [1.29, 1.82) is 0 Å². The van der Waals surface area contributed by atoms with Crippen molar-refractivity contribution in [2.45, 2.75) is 0 Å². The first-order valence-electron chi connectivity index (χ1n) is 5.53. The van der Waals surface area contributed by atoms with Crippen LogP contribution in [0.3, 0.4) is 0 Å². The topological polar surface area (TPSA) is 135 Å². The van der Waals surface area contributed by atoms with Crippen LogP contribution in [0.15, 0.2) is 41.5 Å². The molecule has 0 atom stereocenters. The van der Waals surface area contributed by atoms with Crippen LogP contribution in [-0.4, -0.2) is 9.85 Å². The maximum atomic E-state index is 11.1. The molecule has 21 heavy (non-hydrogen) atoms. The molecule has 0 aromatic heterocycles. The molecule has 0 amide bonds. The predicted molar refractivity (Wildman–Crippen MR) is 72.8 cm³/mol. The Morgan fingerprint density at radius 3 is 2.52 bits per heavy atom. The first-order chi connectivity index (χ1) is 10.0. The molecule has 9 nitrogen and oxygen atoms in total. The minimum atomic E-state index is -0.723. The van der Waals surface area contributed by atoms with Crippen LogP contribution in [0, 0.1) is 26.3 Å². The van der Waals surface area contributed by atoms with Gasteiger partial charge in [-0.25, -0.2) is 0 Å². The maximum absolute atomic E-state index is 11.1. The summed E-state index contributed by atoms with van der Waals surface area (Å²) >= 11 is 0. The van der Waals surface area contributed by atoms with Gasteiger partial charge in [0.25, 0.3) is 11.4 Å². The second kappa shape index (κ2) is 5.68. The van der Waals surface area contributed by atoms with E-state index >= 15 is 0 Å². The summed E-state index contributed by atoms with van der Waals surface area (Å²) in [4.78, 5) is 23.0. The van der Waals surface area contributed by atoms with Crippen molar-refractivity contribution in [3.8, 4) is 11.1 Å². The van der Waals surface area contributed by atoms with Crippen LogP contribution in [-0.2, 0) is 0 Å². The van der Waals surface area contributed by atoms with Crippen molar-refractivity contribution in [2.75, 3.05) is 0 Å². The van der Waals surface area contributed by atoms with E-state index in [1.165, 1.54) is 24.3 Å². The number of azide groups is 1. The molecule has 0 spiro atoms. The highest BCUT2D eigenvalue weighted by atomic mass is 16.6. The number of rotatable bonds is 4. The van der Waals surface area contributed by atoms with E-state index in [0.29, 0.717) is 5.56 Å². The lowest BCUT2D eigenvalue weighted by Gasteiger charge is -2.06. The average molecular weight is 284 g/mol. The van der Waals surface area contributed by atoms with E-state index in [-0.39, 0.29) is 11.3 Å². The van der Waals surface area contributed by atoms with Crippen molar-refractivity contribution in [1.82, 2.24) is 0 Å². The molecule has 2 rings (SSSR count). The summed E-state index contributed by atoms with van der Waals surface area (Å²) < 4.78 is 0. The third-order valence-corrected chi connectivity index (χ3v) is 2.67. The van der Waals surface area contributed by atoms with Crippen molar-refractivity contribution >= 4 is 17.1 Å². The van der Waals surface area contributed by atoms with Gasteiger partial charge in [0, 0.05) is 16.7 Å². The highest BCUT2D eigenvalue weighted by Crippen LogP contribution is 2.37. The van der Waals surface area contributed by atoms with E-state index in [9.17, 15) is 20.2 Å². The molecule has 0 saturated heterocycles. The number of benzene rings is 2. The molecule has 0 fully saturated rings. The normalized spacial score (nSPS) is 9.71. The van der Waals surface area contributed by atoms with Gasteiger partial charge in [0.1, 0.15) is 0 Å². The molecule has 0 bridgehead atoms. The summed E-state index contributed by atoms with van der Waals surface area (Å²) in [6.45, 7) is 0. The number of non-ortho nitro benzene ring substituents is 1. The van der Waals surface area contributed by atoms with Gasteiger partial charge in [0.2, 0.25) is 0 Å². The fraction of sp³-hybridized carbons (Fsp3) is 0. The molecule has 0 heterocycles. The van der Waals surface area contributed by atoms with Gasteiger partial charge in [-0.2, -0.15) is 0 Å². The van der Waals surface area contributed by atoms with E-state index in [4.69, 9.17) is 5.53 Å². The van der Waals surface area contributed by atoms with Crippen LogP contribution in [0.5, 0.6) is 0 Å². The highest BCUT2D eigenvalue weighted by molar-refractivity contribution is 5.82. The average Bonchev–Trinajstić information content (AvgIpc) is 2.47. The zero-order valence-corrected chi connectivity index (χ0v) is 10.3. The van der Waals surface area contributed by atoms with Crippen LogP contribution in [0.1, 0.15) is 0 Å². The van der Waals surface area contributed by atoms with Gasteiger partial charge in [-0.3, -0.25) is 20.2 Å². The molecule has 0 aliphatic heterocycles. The van der Waals surface area contributed by atoms with Crippen LogP contribution in [0.25, 0.3) is 21.6 Å². The van der Waals surface area contributed by atoms with E-state index in [1.54, 1.807) is 0 Å². The Balaban J connectivity index is 2.72. The van der Waals surface area contributed by atoms with Crippen molar-refractivity contribution < 1.29 is 9.85 Å². The number of hydrogen-bond donors (Lipinski definition) is 0. The van der Waals surface area contributed by atoms with Crippen LogP contribution >= 0.6 is 0 Å². The lowest BCUT2D eigenvalue weighted by atomic mass is 10.0. The Labute approximate surface area is 117 Å². The second-order valence-corrected chi connectivity index (χ2v) is 3.85. The van der Waals surface area contributed by atoms with Gasteiger partial charge < -0.3 is 0 Å². The van der Waals surface area contributed by atoms with Crippen LogP contribution in [0.2, 0.25) is 0 Å². The van der Waals surface area contributed by atoms with Crippen molar-refractivity contribution in [3.63, 3.8) is 0 Å². The number of nitrogens with zero attached hydrogens (tertiary/aromatic N) is 5. The van der Waals surface area contributed by atoms with Gasteiger partial charge in [-0.15, -0.1) is 0 Å². The Morgan fingerprint density at radius 2 is 1.90 bits per heavy atom. The smallest absolute Gasteiger partial charge is 0.258 e. The number of nitro benzene ring substituents is 2. The summed E-state index contributed by atoms with van der Waals surface area (Å²) in [6.07, 6.45) is 0. The fourth-order valence-corrected chi connectivity index (χ4v) is 1.79. The molecule has 103 valence electrons. The Hall–Kier alpha value is -3.45. The summed E-state index contributed by atoms with van der Waals surface area (Å²) in [5, 5.41) is 25.2. The van der Waals surface area contributed by atoms with Gasteiger partial charge >= 0.3 is 0 Å². The van der Waals surface area contributed by atoms with Crippen molar-refractivity contribution in [3.05, 3.63) is 73.1 Å². The minimum absolute atomic E-state index is 0.127. The van der Waals surface area contributed by atoms with Gasteiger partial charge in [0.05, 0.1) is 21.5 Å². The fourth-order valence-electron chi connectivity index (χ4n) is 1.79. The SMILES string of the molecule is [N-]=[N+]=Nc1c[c]ccc1-c1ccc([N+](=O)[O-])cc1[N+](=O)[O-]. The summed E-state index contributed by atoms with van der Waals surface area (Å²) in [6, 6.07) is 10.3. The Kier molecular flexibility index (Phi) is 3.78. The molecule has 1 radical (unpaired) electrons. The van der Waals surface area contributed by atoms with Crippen LogP contribution in [0.4, 0.5) is 17.1 Å². The molecule has 0 aliphatic carbocycles. The third kappa shape index (κ3) is 2.77. The largest absolute Gasteiger partial charge is 0.284 e. The van der Waals surface area contributed by atoms with E-state index in [0.717, 1.165) is 12.1 Å². The molecule has 0 unspecified atom stereocenters. The monoisotopic (exact) mass is 284 g/mol. The van der Waals surface area contributed by atoms with Crippen molar-refractivity contribution in [2.24, 2.45) is 5.11 Å². The maximum Gasteiger partial charge on any atom is 0.284 e. The summed E-state index contributed by atoms with van der Waals surface area (Å²) in [7, 11) is 0. The molecular weight excluding hydrogens is 278 g/mol. The molecule has 0 N–H and O–H groups in total. The standard InChI is InChI=1S/C12H6N5O4/c13-15-14-11-4-2-1-3-9(11)10-6-5-8(16(18)19)7-12(10)17(20)21/h1,3-7H. The van der Waals surface area contributed by atoms with E-state index in [2.05, 4.69) is 16.1 Å². The molecule has 0 aliphatic rings. The summed E-state index contributed by atoms with van der Waals surface area (Å²) in [5.74, 6) is 0. The minimum Gasteiger partial charge on any atom is -0.258 e. The van der Waals surface area contributed by atoms with Gasteiger partial charge in [-0.05, 0) is 29.3 Å². The van der Waals surface area contributed by atoms with Crippen LogP contribution < -0.4 is 0 Å². The lowest BCUT2D eigenvalue weighted by Crippen LogP contribution is -1.95. The predicted octanol–water partition coefficient (Wildman–Crippen LogP) is 3.91. The molecule has 2 aromatic rings. The summed E-state index contributed by atoms with van der Waals surface area (Å²) in [5.41, 5.74) is 8.25. The Bertz CT molecular complexity index is 783. The zero-order chi connectivity index (χ0) is 15.4. The second-order valence-electron chi connectivity index (χ2n) is 3.85. The van der Waals surface area contributed by atoms with E-state index < -0.39 is 21.2 Å². The lowest BCUT2D eigenvalue weighted by molar-refractivity contribution is -0.393. The molecule has 2 aromatic carbocycles. The third-order valence-electron chi connectivity index (χ3n) is 2.67. The first kappa shape index (κ1) is 14.0. The first-order valence-corrected chi connectivity index (χ1v) is 5.53. The van der Waals surface area contributed by atoms with Gasteiger partial charge in [0.15, 0.2) is 0 Å². The molecule has 9 heteroatoms. The van der Waals surface area contributed by atoms with E-state index in [1.807, 2.05) is 0 Å². The quantitative estimate of drug-likeness (QED) is 0.276. The highest BCUT2D eigenvalue weighted by Gasteiger charge is 2.21. The number of hydrogen-bond acceptors (Lipinski definition) is 5. The Morgan fingerprint density at radius 1 is 1.14 bits per heavy atom. The van der Waals surface area contributed by atoms with Gasteiger partial charge in [-0.1, -0.05) is 17.2 Å². The number of nitro groups is 2. The molecular formula is C12H6N5O4. The zero-order valence-electron chi connectivity index (χ0n) is 10.3.